The van der Waals surface area contributed by atoms with Gasteiger partial charge in [-0.25, -0.2) is 0 Å². The summed E-state index contributed by atoms with van der Waals surface area (Å²) >= 11 is 0. The molecule has 0 aromatic heterocycles. The van der Waals surface area contributed by atoms with Crippen molar-refractivity contribution in [2.75, 3.05) is 0 Å². The molecule has 0 aliphatic heterocycles. The Morgan fingerprint density at radius 2 is 1.47 bits per heavy atom. The van der Waals surface area contributed by atoms with Crippen LogP contribution in [-0.2, 0) is 0 Å². The fourth-order valence-electron chi connectivity index (χ4n) is 2.21. The van der Waals surface area contributed by atoms with Gasteiger partial charge >= 0.3 is 0 Å². The van der Waals surface area contributed by atoms with Gasteiger partial charge in [-0.1, -0.05) is 91.3 Å². The van der Waals surface area contributed by atoms with Crippen LogP contribution in [0, 0.1) is 16.7 Å². The maximum atomic E-state index is 4.28. The van der Waals surface area contributed by atoms with E-state index in [4.69, 9.17) is 0 Å². The molecule has 0 aliphatic rings. The molecule has 0 rings (SSSR count). The van der Waals surface area contributed by atoms with Crippen molar-refractivity contribution in [2.45, 2.75) is 68.2 Å². The third-order valence-electron chi connectivity index (χ3n) is 3.82. The molecule has 0 saturated carbocycles. The van der Waals surface area contributed by atoms with E-state index in [9.17, 15) is 0 Å². The van der Waals surface area contributed by atoms with Crippen molar-refractivity contribution < 1.29 is 0 Å². The van der Waals surface area contributed by atoms with E-state index in [0.717, 1.165) is 12.8 Å². The first-order valence-corrected chi connectivity index (χ1v) is 7.47. The van der Waals surface area contributed by atoms with Gasteiger partial charge in [0.25, 0.3) is 0 Å². The molecule has 0 aromatic rings. The molecule has 0 amide bonds. The van der Waals surface area contributed by atoms with E-state index in [-0.39, 0.29) is 10.8 Å². The zero-order valence-electron chi connectivity index (χ0n) is 14.5. The minimum absolute atomic E-state index is 0.190. The summed E-state index contributed by atoms with van der Waals surface area (Å²) in [5.74, 6) is 0.523. The summed E-state index contributed by atoms with van der Waals surface area (Å²) in [6, 6.07) is 0. The van der Waals surface area contributed by atoms with Gasteiger partial charge in [-0.2, -0.15) is 0 Å². The molecular formula is C19H34. The maximum absolute atomic E-state index is 4.28. The van der Waals surface area contributed by atoms with Crippen LogP contribution in [0.25, 0.3) is 0 Å². The first kappa shape index (κ1) is 18.2. The van der Waals surface area contributed by atoms with Crippen LogP contribution in [0.4, 0.5) is 0 Å². The normalized spacial score (nSPS) is 15.3. The molecule has 0 aliphatic carbocycles. The maximum Gasteiger partial charge on any atom is -0.0167 e. The third kappa shape index (κ3) is 6.27. The summed E-state index contributed by atoms with van der Waals surface area (Å²) in [5.41, 5.74) is 4.43. The highest BCUT2D eigenvalue weighted by molar-refractivity contribution is 5.27. The van der Waals surface area contributed by atoms with E-state index in [0.29, 0.717) is 5.92 Å². The van der Waals surface area contributed by atoms with Gasteiger partial charge in [0, 0.05) is 0 Å². The summed E-state index contributed by atoms with van der Waals surface area (Å²) < 4.78 is 0. The molecule has 0 heterocycles. The van der Waals surface area contributed by atoms with Crippen LogP contribution < -0.4 is 0 Å². The molecule has 1 unspecified atom stereocenters. The van der Waals surface area contributed by atoms with Gasteiger partial charge in [-0.3, -0.25) is 0 Å². The first-order valence-electron chi connectivity index (χ1n) is 7.47. The predicted molar refractivity (Wildman–Crippen MR) is 89.3 cm³/mol. The van der Waals surface area contributed by atoms with Crippen molar-refractivity contribution in [2.24, 2.45) is 16.7 Å². The number of allylic oxidation sites excluding steroid dienone is 4. The Labute approximate surface area is 121 Å². The molecule has 0 nitrogen and oxygen atoms in total. The zero-order chi connectivity index (χ0) is 15.4. The van der Waals surface area contributed by atoms with Gasteiger partial charge < -0.3 is 0 Å². The van der Waals surface area contributed by atoms with Gasteiger partial charge in [0.15, 0.2) is 0 Å². The van der Waals surface area contributed by atoms with E-state index in [1.54, 1.807) is 0 Å². The molecule has 0 heteroatoms. The van der Waals surface area contributed by atoms with E-state index < -0.39 is 0 Å². The Kier molecular flexibility index (Phi) is 6.32. The molecule has 0 N–H and O–H groups in total. The molecule has 0 aromatic carbocycles. The molecular weight excluding hydrogens is 228 g/mol. The Balaban J connectivity index is 5.16. The predicted octanol–water partition coefficient (Wildman–Crippen LogP) is 6.55. The summed E-state index contributed by atoms with van der Waals surface area (Å²) in [6.07, 6.45) is 4.39. The van der Waals surface area contributed by atoms with Gasteiger partial charge in [0.05, 0.1) is 0 Å². The smallest absolute Gasteiger partial charge is 0.0167 e. The van der Waals surface area contributed by atoms with E-state index in [1.165, 1.54) is 16.7 Å². The third-order valence-corrected chi connectivity index (χ3v) is 3.82. The second kappa shape index (κ2) is 6.59. The second-order valence-electron chi connectivity index (χ2n) is 7.82. The number of rotatable bonds is 5. The van der Waals surface area contributed by atoms with Gasteiger partial charge in [0.1, 0.15) is 0 Å². The molecule has 0 fully saturated rings. The summed E-state index contributed by atoms with van der Waals surface area (Å²) in [4.78, 5) is 0. The molecule has 0 spiro atoms. The van der Waals surface area contributed by atoms with Gasteiger partial charge in [-0.05, 0) is 29.6 Å². The fourth-order valence-corrected chi connectivity index (χ4v) is 2.21. The molecule has 110 valence electrons. The topological polar surface area (TPSA) is 0 Å². The minimum atomic E-state index is 0.190. The lowest BCUT2D eigenvalue weighted by Crippen LogP contribution is -2.19. The quantitative estimate of drug-likeness (QED) is 0.389. The minimum Gasteiger partial charge on any atom is -0.0993 e. The molecule has 0 saturated heterocycles. The zero-order valence-corrected chi connectivity index (χ0v) is 14.5. The average Bonchev–Trinajstić information content (AvgIpc) is 2.22. The lowest BCUT2D eigenvalue weighted by atomic mass is 9.73. The van der Waals surface area contributed by atoms with E-state index >= 15 is 0 Å². The highest BCUT2D eigenvalue weighted by atomic mass is 14.3. The van der Waals surface area contributed by atoms with Crippen molar-refractivity contribution in [1.82, 2.24) is 0 Å². The molecule has 0 bridgehead atoms. The van der Waals surface area contributed by atoms with Crippen LogP contribution in [0.15, 0.2) is 36.0 Å². The van der Waals surface area contributed by atoms with Crippen LogP contribution in [0.5, 0.6) is 0 Å². The van der Waals surface area contributed by atoms with Crippen molar-refractivity contribution in [1.29, 1.82) is 0 Å². The standard InChI is InChI=1S/C19H34/c1-11-14(2)12-17(19(8,9)10)15(3)13-16(4)18(5,6)7/h12,15H,2,4,11,13H2,1,3,5-10H3/b17-12+. The van der Waals surface area contributed by atoms with Crippen molar-refractivity contribution >= 4 is 0 Å². The largest absolute Gasteiger partial charge is 0.0993 e. The molecule has 0 radical (unpaired) electrons. The average molecular weight is 262 g/mol. The summed E-state index contributed by atoms with van der Waals surface area (Å²) in [6.45, 7) is 26.5. The monoisotopic (exact) mass is 262 g/mol. The summed E-state index contributed by atoms with van der Waals surface area (Å²) in [7, 11) is 0. The van der Waals surface area contributed by atoms with Crippen LogP contribution >= 0.6 is 0 Å². The number of hydrogen-bond acceptors (Lipinski definition) is 0. The lowest BCUT2D eigenvalue weighted by Gasteiger charge is -2.32. The van der Waals surface area contributed by atoms with E-state index in [2.05, 4.69) is 74.6 Å². The van der Waals surface area contributed by atoms with Crippen LogP contribution in [0.3, 0.4) is 0 Å². The van der Waals surface area contributed by atoms with E-state index in [1.807, 2.05) is 0 Å². The Hall–Kier alpha value is -0.780. The highest BCUT2D eigenvalue weighted by Gasteiger charge is 2.25. The van der Waals surface area contributed by atoms with Crippen molar-refractivity contribution in [3.8, 4) is 0 Å². The van der Waals surface area contributed by atoms with Crippen molar-refractivity contribution in [3.05, 3.63) is 36.0 Å². The Morgan fingerprint density at radius 1 is 1.00 bits per heavy atom. The van der Waals surface area contributed by atoms with Crippen LogP contribution in [0.2, 0.25) is 0 Å². The van der Waals surface area contributed by atoms with Gasteiger partial charge in [0.2, 0.25) is 0 Å². The van der Waals surface area contributed by atoms with Crippen LogP contribution in [0.1, 0.15) is 68.2 Å². The number of hydrogen-bond donors (Lipinski definition) is 0. The second-order valence-corrected chi connectivity index (χ2v) is 7.82. The molecule has 1 atom stereocenters. The summed E-state index contributed by atoms with van der Waals surface area (Å²) in [5, 5.41) is 0. The van der Waals surface area contributed by atoms with Crippen LogP contribution in [-0.4, -0.2) is 0 Å². The SMILES string of the molecule is C=C(/C=C(\C(C)CC(=C)C(C)(C)C)C(C)(C)C)CC. The lowest BCUT2D eigenvalue weighted by molar-refractivity contribution is 0.405. The highest BCUT2D eigenvalue weighted by Crippen LogP contribution is 2.38. The van der Waals surface area contributed by atoms with Gasteiger partial charge in [-0.15, -0.1) is 0 Å². The molecule has 19 heavy (non-hydrogen) atoms. The first-order chi connectivity index (χ1) is 8.39. The van der Waals surface area contributed by atoms with Crippen molar-refractivity contribution in [3.63, 3.8) is 0 Å². The Morgan fingerprint density at radius 3 is 1.79 bits per heavy atom. The Bertz CT molecular complexity index is 352. The fraction of sp³-hybridized carbons (Fsp3) is 0.684.